The third kappa shape index (κ3) is 1.83. The first-order valence-corrected chi connectivity index (χ1v) is 4.88. The topological polar surface area (TPSA) is 90.4 Å². The van der Waals surface area contributed by atoms with Gasteiger partial charge in [0.05, 0.1) is 11.4 Å². The van der Waals surface area contributed by atoms with E-state index >= 15 is 0 Å². The molecule has 0 saturated carbocycles. The van der Waals surface area contributed by atoms with E-state index in [0.717, 1.165) is 5.69 Å². The van der Waals surface area contributed by atoms with Crippen LogP contribution in [0.5, 0.6) is 0 Å². The molecular formula is C11H8N6. The third-order valence-corrected chi connectivity index (χ3v) is 2.29. The fourth-order valence-electron chi connectivity index (χ4n) is 1.53. The van der Waals surface area contributed by atoms with Crippen LogP contribution in [0.2, 0.25) is 0 Å². The van der Waals surface area contributed by atoms with Gasteiger partial charge in [-0.3, -0.25) is 0 Å². The van der Waals surface area contributed by atoms with Crippen molar-refractivity contribution in [3.05, 3.63) is 52.0 Å². The van der Waals surface area contributed by atoms with E-state index in [9.17, 15) is 0 Å². The number of azide groups is 1. The Morgan fingerprint density at radius 1 is 1.41 bits per heavy atom. The molecule has 0 aliphatic rings. The van der Waals surface area contributed by atoms with E-state index in [2.05, 4.69) is 15.1 Å². The zero-order chi connectivity index (χ0) is 12.3. The fourth-order valence-corrected chi connectivity index (χ4v) is 1.53. The second-order valence-electron chi connectivity index (χ2n) is 3.33. The smallest absolute Gasteiger partial charge is 0.148 e. The van der Waals surface area contributed by atoms with Crippen molar-refractivity contribution in [2.45, 2.75) is 6.92 Å². The minimum atomic E-state index is 0.221. The van der Waals surface area contributed by atoms with Gasteiger partial charge < -0.3 is 0 Å². The van der Waals surface area contributed by atoms with Gasteiger partial charge in [-0.2, -0.15) is 10.4 Å². The van der Waals surface area contributed by atoms with E-state index in [-0.39, 0.29) is 5.82 Å². The highest BCUT2D eigenvalue weighted by Crippen LogP contribution is 2.25. The minimum Gasteiger partial charge on any atom is -0.230 e. The zero-order valence-electron chi connectivity index (χ0n) is 9.07. The first kappa shape index (κ1) is 10.7. The molecule has 2 rings (SSSR count). The molecule has 0 aliphatic carbocycles. The number of aromatic nitrogens is 2. The predicted molar refractivity (Wildman–Crippen MR) is 61.8 cm³/mol. The highest BCUT2D eigenvalue weighted by atomic mass is 15.4. The molecule has 0 amide bonds. The lowest BCUT2D eigenvalue weighted by Gasteiger charge is -2.02. The molecule has 6 nitrogen and oxygen atoms in total. The first-order valence-electron chi connectivity index (χ1n) is 4.88. The SMILES string of the molecule is Cc1nn(-c2ccccc2)c(N=[N+]=[N-])c1C#N. The Hall–Kier alpha value is -2.77. The average molecular weight is 224 g/mol. The van der Waals surface area contributed by atoms with Gasteiger partial charge in [0.15, 0.2) is 0 Å². The van der Waals surface area contributed by atoms with Crippen molar-refractivity contribution in [3.8, 4) is 11.8 Å². The van der Waals surface area contributed by atoms with Gasteiger partial charge in [-0.15, -0.1) is 0 Å². The summed E-state index contributed by atoms with van der Waals surface area (Å²) in [6.07, 6.45) is 0. The summed E-state index contributed by atoms with van der Waals surface area (Å²) in [5, 5.41) is 16.7. The van der Waals surface area contributed by atoms with Crippen molar-refractivity contribution in [3.63, 3.8) is 0 Å². The Morgan fingerprint density at radius 3 is 2.71 bits per heavy atom. The molecule has 0 fully saturated rings. The van der Waals surface area contributed by atoms with Crippen LogP contribution >= 0.6 is 0 Å². The highest BCUT2D eigenvalue weighted by Gasteiger charge is 2.14. The van der Waals surface area contributed by atoms with Crippen molar-refractivity contribution < 1.29 is 0 Å². The lowest BCUT2D eigenvalue weighted by atomic mass is 10.2. The van der Waals surface area contributed by atoms with Crippen LogP contribution < -0.4 is 0 Å². The molecule has 0 aliphatic heterocycles. The summed E-state index contributed by atoms with van der Waals surface area (Å²) in [6, 6.07) is 11.2. The van der Waals surface area contributed by atoms with E-state index in [4.69, 9.17) is 10.8 Å². The van der Waals surface area contributed by atoms with Crippen molar-refractivity contribution in [2.75, 3.05) is 0 Å². The van der Waals surface area contributed by atoms with Gasteiger partial charge >= 0.3 is 0 Å². The predicted octanol–water partition coefficient (Wildman–Crippen LogP) is 2.99. The van der Waals surface area contributed by atoms with Crippen LogP contribution in [0.15, 0.2) is 35.4 Å². The Balaban J connectivity index is 2.71. The summed E-state index contributed by atoms with van der Waals surface area (Å²) in [5.41, 5.74) is 10.1. The van der Waals surface area contributed by atoms with Crippen molar-refractivity contribution in [1.82, 2.24) is 9.78 Å². The van der Waals surface area contributed by atoms with E-state index in [1.807, 2.05) is 36.4 Å². The van der Waals surface area contributed by atoms with Gasteiger partial charge in [0.1, 0.15) is 17.5 Å². The summed E-state index contributed by atoms with van der Waals surface area (Å²) in [4.78, 5) is 2.73. The molecule has 17 heavy (non-hydrogen) atoms. The Morgan fingerprint density at radius 2 is 2.12 bits per heavy atom. The molecule has 1 aromatic heterocycles. The lowest BCUT2D eigenvalue weighted by molar-refractivity contribution is 0.861. The van der Waals surface area contributed by atoms with Crippen LogP contribution in [0.4, 0.5) is 5.82 Å². The second-order valence-corrected chi connectivity index (χ2v) is 3.33. The Kier molecular flexibility index (Phi) is 2.77. The molecule has 1 aromatic carbocycles. The normalized spacial score (nSPS) is 9.41. The van der Waals surface area contributed by atoms with Gasteiger partial charge in [-0.05, 0) is 29.7 Å². The standard InChI is InChI=1S/C11H8N6/c1-8-10(7-12)11(14-16-13)17(15-8)9-5-3-2-4-6-9/h2-6H,1H3. The number of hydrogen-bond donors (Lipinski definition) is 0. The van der Waals surface area contributed by atoms with E-state index < -0.39 is 0 Å². The number of rotatable bonds is 2. The van der Waals surface area contributed by atoms with Crippen LogP contribution in [0, 0.1) is 18.3 Å². The van der Waals surface area contributed by atoms with E-state index in [1.165, 1.54) is 4.68 Å². The second kappa shape index (κ2) is 4.39. The van der Waals surface area contributed by atoms with Gasteiger partial charge in [-0.25, -0.2) is 4.68 Å². The number of aryl methyl sites for hydroxylation is 1. The maximum absolute atomic E-state index is 9.00. The summed E-state index contributed by atoms with van der Waals surface area (Å²) in [5.74, 6) is 0.221. The molecule has 0 radical (unpaired) electrons. The zero-order valence-corrected chi connectivity index (χ0v) is 9.07. The summed E-state index contributed by atoms with van der Waals surface area (Å²) < 4.78 is 1.47. The van der Waals surface area contributed by atoms with Gasteiger partial charge in [0.2, 0.25) is 0 Å². The van der Waals surface area contributed by atoms with Crippen LogP contribution in [0.1, 0.15) is 11.3 Å². The molecule has 0 atom stereocenters. The molecule has 0 bridgehead atoms. The Bertz CT molecular complexity index is 628. The largest absolute Gasteiger partial charge is 0.230 e. The van der Waals surface area contributed by atoms with Crippen molar-refractivity contribution >= 4 is 5.82 Å². The van der Waals surface area contributed by atoms with Gasteiger partial charge in [0.25, 0.3) is 0 Å². The molecular weight excluding hydrogens is 216 g/mol. The van der Waals surface area contributed by atoms with Gasteiger partial charge in [-0.1, -0.05) is 18.2 Å². The molecule has 1 heterocycles. The van der Waals surface area contributed by atoms with E-state index in [0.29, 0.717) is 11.3 Å². The molecule has 0 spiro atoms. The number of para-hydroxylation sites is 1. The maximum atomic E-state index is 9.00. The number of nitrogens with zero attached hydrogens (tertiary/aromatic N) is 6. The maximum Gasteiger partial charge on any atom is 0.148 e. The molecule has 6 heteroatoms. The first-order chi connectivity index (χ1) is 8.27. The summed E-state index contributed by atoms with van der Waals surface area (Å²) >= 11 is 0. The average Bonchev–Trinajstić information content (AvgIpc) is 2.67. The van der Waals surface area contributed by atoms with Crippen LogP contribution in [0.25, 0.3) is 16.1 Å². The van der Waals surface area contributed by atoms with Crippen LogP contribution in [0.3, 0.4) is 0 Å². The summed E-state index contributed by atoms with van der Waals surface area (Å²) in [7, 11) is 0. The molecule has 0 N–H and O–H groups in total. The van der Waals surface area contributed by atoms with Crippen molar-refractivity contribution in [1.29, 1.82) is 5.26 Å². The fraction of sp³-hybridized carbons (Fsp3) is 0.0909. The summed E-state index contributed by atoms with van der Waals surface area (Å²) in [6.45, 7) is 1.70. The quantitative estimate of drug-likeness (QED) is 0.445. The molecule has 82 valence electrons. The van der Waals surface area contributed by atoms with Gasteiger partial charge in [0, 0.05) is 4.91 Å². The third-order valence-electron chi connectivity index (χ3n) is 2.29. The Labute approximate surface area is 97.4 Å². The van der Waals surface area contributed by atoms with Crippen LogP contribution in [-0.4, -0.2) is 9.78 Å². The number of hydrogen-bond acceptors (Lipinski definition) is 3. The molecule has 0 saturated heterocycles. The monoisotopic (exact) mass is 224 g/mol. The lowest BCUT2D eigenvalue weighted by Crippen LogP contribution is -1.95. The highest BCUT2D eigenvalue weighted by molar-refractivity contribution is 5.55. The number of benzene rings is 1. The number of nitriles is 1. The molecule has 2 aromatic rings. The van der Waals surface area contributed by atoms with Crippen LogP contribution in [-0.2, 0) is 0 Å². The van der Waals surface area contributed by atoms with E-state index in [1.54, 1.807) is 6.92 Å². The van der Waals surface area contributed by atoms with Crippen molar-refractivity contribution in [2.24, 2.45) is 5.11 Å². The minimum absolute atomic E-state index is 0.221. The molecule has 0 unspecified atom stereocenters.